The Morgan fingerprint density at radius 3 is 2.36 bits per heavy atom. The van der Waals surface area contributed by atoms with E-state index in [1.807, 2.05) is 41.3 Å². The Morgan fingerprint density at radius 1 is 0.964 bits per heavy atom. The van der Waals surface area contributed by atoms with Crippen LogP contribution in [0, 0.1) is 11.8 Å². The molecule has 0 saturated carbocycles. The van der Waals surface area contributed by atoms with E-state index in [0.717, 1.165) is 15.7 Å². The lowest BCUT2D eigenvalue weighted by Gasteiger charge is -2.36. The number of Topliss-reactive ketones (excluding diaryl/α,β-unsaturated/α-hetero) is 1. The number of ketones is 1. The highest BCUT2D eigenvalue weighted by molar-refractivity contribution is 9.10. The van der Waals surface area contributed by atoms with Gasteiger partial charge in [0, 0.05) is 10.2 Å². The van der Waals surface area contributed by atoms with Crippen LogP contribution in [0.5, 0.6) is 0 Å². The second-order valence-corrected chi connectivity index (χ2v) is 8.33. The van der Waals surface area contributed by atoms with Crippen LogP contribution in [-0.2, 0) is 14.4 Å². The highest BCUT2D eigenvalue weighted by Crippen LogP contribution is 2.49. The summed E-state index contributed by atoms with van der Waals surface area (Å²) in [5.74, 6) is -1.86. The maximum absolute atomic E-state index is 13.3. The topological polar surface area (TPSA) is 57.7 Å². The fourth-order valence-electron chi connectivity index (χ4n) is 4.82. The molecule has 6 heteroatoms. The second-order valence-electron chi connectivity index (χ2n) is 7.41. The van der Waals surface area contributed by atoms with E-state index in [1.54, 1.807) is 24.3 Å². The molecule has 2 fully saturated rings. The van der Waals surface area contributed by atoms with Crippen molar-refractivity contribution in [2.45, 2.75) is 19.0 Å². The molecular formula is C22H17BrN2O3. The van der Waals surface area contributed by atoms with E-state index in [-0.39, 0.29) is 23.6 Å². The van der Waals surface area contributed by atoms with Crippen molar-refractivity contribution in [3.05, 3.63) is 64.6 Å². The molecule has 0 aromatic heterocycles. The minimum absolute atomic E-state index is 0.0959. The summed E-state index contributed by atoms with van der Waals surface area (Å²) in [6, 6.07) is 13.9. The van der Waals surface area contributed by atoms with Crippen LogP contribution < -0.4 is 9.80 Å². The summed E-state index contributed by atoms with van der Waals surface area (Å²) in [6.07, 6.45) is 3.94. The zero-order chi connectivity index (χ0) is 19.6. The van der Waals surface area contributed by atoms with Crippen LogP contribution in [0.25, 0.3) is 6.08 Å². The SMILES string of the molecule is CC(=O)[C@@H]1[C@@H]2C(=O)N(c3ccc(Br)cc3)C(=O)[C@@H]2[C@H]2C=Cc3ccccc3N21. The van der Waals surface area contributed by atoms with E-state index in [4.69, 9.17) is 0 Å². The number of nitrogens with zero attached hydrogens (tertiary/aromatic N) is 2. The first-order valence-electron chi connectivity index (χ1n) is 9.18. The first-order valence-corrected chi connectivity index (χ1v) is 9.98. The summed E-state index contributed by atoms with van der Waals surface area (Å²) in [5.41, 5.74) is 2.44. The zero-order valence-electron chi connectivity index (χ0n) is 15.1. The molecule has 28 heavy (non-hydrogen) atoms. The predicted octanol–water partition coefficient (Wildman–Crippen LogP) is 3.43. The quantitative estimate of drug-likeness (QED) is 0.676. The zero-order valence-corrected chi connectivity index (χ0v) is 16.7. The smallest absolute Gasteiger partial charge is 0.240 e. The molecule has 3 heterocycles. The lowest BCUT2D eigenvalue weighted by atomic mass is 9.88. The molecule has 0 unspecified atom stereocenters. The molecule has 140 valence electrons. The van der Waals surface area contributed by atoms with Crippen LogP contribution in [0.15, 0.2) is 59.1 Å². The fourth-order valence-corrected chi connectivity index (χ4v) is 5.08. The molecule has 4 atom stereocenters. The number of benzene rings is 2. The third kappa shape index (κ3) is 2.27. The third-order valence-electron chi connectivity index (χ3n) is 5.92. The summed E-state index contributed by atoms with van der Waals surface area (Å²) in [6.45, 7) is 1.51. The average molecular weight is 437 g/mol. The summed E-state index contributed by atoms with van der Waals surface area (Å²) in [7, 11) is 0. The van der Waals surface area contributed by atoms with Gasteiger partial charge in [0.15, 0.2) is 5.78 Å². The fraction of sp³-hybridized carbons (Fsp3) is 0.227. The lowest BCUT2D eigenvalue weighted by Crippen LogP contribution is -2.48. The number of carbonyl (C=O) groups excluding carboxylic acids is 3. The Labute approximate surface area is 170 Å². The number of rotatable bonds is 2. The highest BCUT2D eigenvalue weighted by Gasteiger charge is 2.63. The summed E-state index contributed by atoms with van der Waals surface area (Å²) in [5, 5.41) is 0. The van der Waals surface area contributed by atoms with Crippen molar-refractivity contribution in [2.75, 3.05) is 9.80 Å². The molecule has 3 aliphatic heterocycles. The van der Waals surface area contributed by atoms with Gasteiger partial charge < -0.3 is 4.90 Å². The van der Waals surface area contributed by atoms with Crippen LogP contribution in [0.3, 0.4) is 0 Å². The van der Waals surface area contributed by atoms with Crippen molar-refractivity contribution >= 4 is 51.0 Å². The molecule has 2 aromatic carbocycles. The molecule has 5 nitrogen and oxygen atoms in total. The first kappa shape index (κ1) is 17.4. The number of amides is 2. The van der Waals surface area contributed by atoms with E-state index >= 15 is 0 Å². The summed E-state index contributed by atoms with van der Waals surface area (Å²) >= 11 is 3.37. The third-order valence-corrected chi connectivity index (χ3v) is 6.44. The second kappa shape index (κ2) is 6.14. The molecule has 0 N–H and O–H groups in total. The molecule has 2 amide bonds. The van der Waals surface area contributed by atoms with Gasteiger partial charge in [-0.2, -0.15) is 0 Å². The van der Waals surface area contributed by atoms with Crippen molar-refractivity contribution in [1.82, 2.24) is 0 Å². The Kier molecular flexibility index (Phi) is 3.81. The van der Waals surface area contributed by atoms with Crippen LogP contribution in [0.1, 0.15) is 12.5 Å². The van der Waals surface area contributed by atoms with Crippen LogP contribution in [-0.4, -0.2) is 29.7 Å². The van der Waals surface area contributed by atoms with E-state index in [9.17, 15) is 14.4 Å². The normalized spacial score (nSPS) is 27.6. The highest BCUT2D eigenvalue weighted by atomic mass is 79.9. The Balaban J connectivity index is 1.62. The molecule has 2 aromatic rings. The summed E-state index contributed by atoms with van der Waals surface area (Å²) in [4.78, 5) is 42.5. The molecule has 3 aliphatic rings. The number of hydrogen-bond donors (Lipinski definition) is 0. The Morgan fingerprint density at radius 2 is 1.64 bits per heavy atom. The van der Waals surface area contributed by atoms with E-state index in [2.05, 4.69) is 15.9 Å². The van der Waals surface area contributed by atoms with Crippen LogP contribution >= 0.6 is 15.9 Å². The van der Waals surface area contributed by atoms with Crippen molar-refractivity contribution < 1.29 is 14.4 Å². The van der Waals surface area contributed by atoms with Gasteiger partial charge in [0.05, 0.1) is 23.6 Å². The minimum atomic E-state index is -0.672. The number of anilines is 2. The van der Waals surface area contributed by atoms with Gasteiger partial charge in [0.1, 0.15) is 6.04 Å². The largest absolute Gasteiger partial charge is 0.353 e. The van der Waals surface area contributed by atoms with E-state index in [0.29, 0.717) is 5.69 Å². The maximum atomic E-state index is 13.3. The minimum Gasteiger partial charge on any atom is -0.353 e. The van der Waals surface area contributed by atoms with Gasteiger partial charge in [0.2, 0.25) is 11.8 Å². The monoisotopic (exact) mass is 436 g/mol. The maximum Gasteiger partial charge on any atom is 0.240 e. The number of para-hydroxylation sites is 1. The van der Waals surface area contributed by atoms with Gasteiger partial charge in [-0.15, -0.1) is 0 Å². The molecule has 0 spiro atoms. The van der Waals surface area contributed by atoms with Gasteiger partial charge in [-0.3, -0.25) is 14.4 Å². The standard InChI is InChI=1S/C22H17BrN2O3/c1-12(26)20-19-18(17-11-6-13-4-2-3-5-16(13)25(17)20)21(27)24(22(19)28)15-9-7-14(23)8-10-15/h2-11,17-20H,1H3/t17-,18-,19-,20-/m1/s1. The number of carbonyl (C=O) groups is 3. The lowest BCUT2D eigenvalue weighted by molar-refractivity contribution is -0.126. The van der Waals surface area contributed by atoms with Gasteiger partial charge in [-0.25, -0.2) is 4.90 Å². The molecular weight excluding hydrogens is 420 g/mol. The molecule has 0 bridgehead atoms. The van der Waals surface area contributed by atoms with Crippen molar-refractivity contribution in [1.29, 1.82) is 0 Å². The van der Waals surface area contributed by atoms with Crippen molar-refractivity contribution in [2.24, 2.45) is 11.8 Å². The van der Waals surface area contributed by atoms with Gasteiger partial charge in [0.25, 0.3) is 0 Å². The molecule has 5 rings (SSSR count). The van der Waals surface area contributed by atoms with E-state index in [1.165, 1.54) is 11.8 Å². The number of halogens is 1. The van der Waals surface area contributed by atoms with Crippen LogP contribution in [0.2, 0.25) is 0 Å². The van der Waals surface area contributed by atoms with Crippen LogP contribution in [0.4, 0.5) is 11.4 Å². The molecule has 2 saturated heterocycles. The van der Waals surface area contributed by atoms with Crippen molar-refractivity contribution in [3.63, 3.8) is 0 Å². The average Bonchev–Trinajstić information content (AvgIpc) is 3.16. The van der Waals surface area contributed by atoms with Crippen molar-refractivity contribution in [3.8, 4) is 0 Å². The predicted molar refractivity (Wildman–Crippen MR) is 110 cm³/mol. The number of imide groups is 1. The number of fused-ring (bicyclic) bond motifs is 5. The Bertz CT molecular complexity index is 1050. The Hall–Kier alpha value is -2.73. The van der Waals surface area contributed by atoms with Gasteiger partial charge in [-0.05, 0) is 42.8 Å². The molecule has 0 radical (unpaired) electrons. The first-order chi connectivity index (χ1) is 13.5. The van der Waals surface area contributed by atoms with E-state index < -0.39 is 17.9 Å². The summed E-state index contributed by atoms with van der Waals surface area (Å²) < 4.78 is 0.871. The molecule has 0 aliphatic carbocycles. The van der Waals surface area contributed by atoms with Gasteiger partial charge >= 0.3 is 0 Å². The number of hydrogen-bond acceptors (Lipinski definition) is 4. The van der Waals surface area contributed by atoms with Gasteiger partial charge in [-0.1, -0.05) is 46.3 Å².